The van der Waals surface area contributed by atoms with Gasteiger partial charge in [0.05, 0.1) is 17.4 Å². The lowest BCUT2D eigenvalue weighted by atomic mass is 9.98. The minimum Gasteiger partial charge on any atom is -0.340 e. The van der Waals surface area contributed by atoms with Gasteiger partial charge < -0.3 is 4.90 Å². The first kappa shape index (κ1) is 19.0. The molecule has 1 aliphatic rings. The Balaban J connectivity index is 1.70. The fraction of sp³-hybridized carbons (Fsp3) is 0.389. The molecule has 1 aliphatic heterocycles. The van der Waals surface area contributed by atoms with Crippen LogP contribution >= 0.6 is 11.3 Å². The molecular weight excluding hydrogens is 375 g/mol. The van der Waals surface area contributed by atoms with Crippen molar-refractivity contribution < 1.29 is 17.6 Å². The van der Waals surface area contributed by atoms with Crippen molar-refractivity contribution in [2.45, 2.75) is 24.3 Å². The Bertz CT molecular complexity index is 851. The average Bonchev–Trinajstić information content (AvgIpc) is 3.14. The zero-order chi connectivity index (χ0) is 18.7. The molecule has 0 spiro atoms. The standard InChI is InChI=1S/C18H21FN2O3S2/c1-20(13-16-5-3-11-25-16)18(22)14-4-2-10-21(12-14)26(23,24)17-8-6-15(19)7-9-17/h3,5-9,11,14H,2,4,10,12-13H2,1H3. The van der Waals surface area contributed by atoms with Crippen LogP contribution in [0.1, 0.15) is 17.7 Å². The van der Waals surface area contributed by atoms with E-state index < -0.39 is 15.8 Å². The molecule has 0 aliphatic carbocycles. The van der Waals surface area contributed by atoms with Crippen LogP contribution in [0.3, 0.4) is 0 Å². The van der Waals surface area contributed by atoms with E-state index in [-0.39, 0.29) is 23.3 Å². The number of rotatable bonds is 5. The van der Waals surface area contributed by atoms with Gasteiger partial charge in [-0.05, 0) is 48.6 Å². The number of carbonyl (C=O) groups is 1. The monoisotopic (exact) mass is 396 g/mol. The SMILES string of the molecule is CN(Cc1cccs1)C(=O)C1CCCN(S(=O)(=O)c2ccc(F)cc2)C1. The first-order valence-corrected chi connectivity index (χ1v) is 10.7. The molecule has 26 heavy (non-hydrogen) atoms. The molecule has 140 valence electrons. The van der Waals surface area contributed by atoms with Crippen molar-refractivity contribution >= 4 is 27.3 Å². The van der Waals surface area contributed by atoms with E-state index in [0.29, 0.717) is 25.9 Å². The Morgan fingerprint density at radius 3 is 2.69 bits per heavy atom. The van der Waals surface area contributed by atoms with Crippen LogP contribution in [0, 0.1) is 11.7 Å². The summed E-state index contributed by atoms with van der Waals surface area (Å²) in [5.74, 6) is -0.882. The third-order valence-electron chi connectivity index (χ3n) is 4.53. The Kier molecular flexibility index (Phi) is 5.74. The van der Waals surface area contributed by atoms with Gasteiger partial charge in [0.15, 0.2) is 0 Å². The third kappa shape index (κ3) is 4.13. The Morgan fingerprint density at radius 2 is 2.04 bits per heavy atom. The second-order valence-corrected chi connectivity index (χ2v) is 9.40. The van der Waals surface area contributed by atoms with Crippen molar-refractivity contribution in [2.24, 2.45) is 5.92 Å². The summed E-state index contributed by atoms with van der Waals surface area (Å²) in [5.41, 5.74) is 0. The molecule has 3 rings (SSSR count). The molecule has 8 heteroatoms. The van der Waals surface area contributed by atoms with E-state index in [0.717, 1.165) is 17.0 Å². The van der Waals surface area contributed by atoms with Gasteiger partial charge in [-0.3, -0.25) is 4.79 Å². The van der Waals surface area contributed by atoms with Gasteiger partial charge >= 0.3 is 0 Å². The highest BCUT2D eigenvalue weighted by molar-refractivity contribution is 7.89. The van der Waals surface area contributed by atoms with Crippen LogP contribution < -0.4 is 0 Å². The minimum absolute atomic E-state index is 0.0441. The predicted molar refractivity (Wildman–Crippen MR) is 98.7 cm³/mol. The number of thiophene rings is 1. The fourth-order valence-electron chi connectivity index (χ4n) is 3.14. The topological polar surface area (TPSA) is 57.7 Å². The Labute approximate surface area is 157 Å². The molecule has 1 atom stereocenters. The normalized spacial score (nSPS) is 18.6. The maximum absolute atomic E-state index is 13.1. The smallest absolute Gasteiger partial charge is 0.243 e. The van der Waals surface area contributed by atoms with E-state index in [1.165, 1.54) is 16.4 Å². The van der Waals surface area contributed by atoms with E-state index in [9.17, 15) is 17.6 Å². The van der Waals surface area contributed by atoms with Gasteiger partial charge in [0.25, 0.3) is 0 Å². The second kappa shape index (κ2) is 7.85. The Hall–Kier alpha value is -1.77. The number of amides is 1. The molecular formula is C18H21FN2O3S2. The fourth-order valence-corrected chi connectivity index (χ4v) is 5.42. The third-order valence-corrected chi connectivity index (χ3v) is 7.27. The summed E-state index contributed by atoms with van der Waals surface area (Å²) in [5, 5.41) is 1.96. The van der Waals surface area contributed by atoms with E-state index in [2.05, 4.69) is 0 Å². The van der Waals surface area contributed by atoms with Crippen LogP contribution in [0.4, 0.5) is 4.39 Å². The number of benzene rings is 1. The average molecular weight is 397 g/mol. The molecule has 0 N–H and O–H groups in total. The molecule has 0 bridgehead atoms. The van der Waals surface area contributed by atoms with Crippen LogP contribution in [-0.2, 0) is 21.4 Å². The highest BCUT2D eigenvalue weighted by Crippen LogP contribution is 2.25. The molecule has 1 amide bonds. The maximum Gasteiger partial charge on any atom is 0.243 e. The number of sulfonamides is 1. The predicted octanol–water partition coefficient (Wildman–Crippen LogP) is 2.95. The molecule has 1 unspecified atom stereocenters. The summed E-state index contributed by atoms with van der Waals surface area (Å²) >= 11 is 1.59. The van der Waals surface area contributed by atoms with Gasteiger partial charge in [0.2, 0.25) is 15.9 Å². The number of halogens is 1. The lowest BCUT2D eigenvalue weighted by Gasteiger charge is -2.33. The quantitative estimate of drug-likeness (QED) is 0.781. The first-order chi connectivity index (χ1) is 12.4. The summed E-state index contributed by atoms with van der Waals surface area (Å²) in [7, 11) is -1.98. The molecule has 5 nitrogen and oxygen atoms in total. The van der Waals surface area contributed by atoms with Gasteiger partial charge in [-0.1, -0.05) is 6.07 Å². The zero-order valence-electron chi connectivity index (χ0n) is 14.5. The number of hydrogen-bond donors (Lipinski definition) is 0. The summed E-state index contributed by atoms with van der Waals surface area (Å²) in [6, 6.07) is 8.71. The molecule has 2 aromatic rings. The largest absolute Gasteiger partial charge is 0.340 e. The number of piperidine rings is 1. The van der Waals surface area contributed by atoms with Gasteiger partial charge in [0.1, 0.15) is 5.82 Å². The lowest BCUT2D eigenvalue weighted by molar-refractivity contribution is -0.135. The van der Waals surface area contributed by atoms with Crippen molar-refractivity contribution in [3.8, 4) is 0 Å². The summed E-state index contributed by atoms with van der Waals surface area (Å²) in [4.78, 5) is 15.5. The van der Waals surface area contributed by atoms with Crippen molar-refractivity contribution in [2.75, 3.05) is 20.1 Å². The minimum atomic E-state index is -3.72. The molecule has 1 aromatic carbocycles. The maximum atomic E-state index is 13.1. The molecule has 0 radical (unpaired) electrons. The first-order valence-electron chi connectivity index (χ1n) is 8.41. The van der Waals surface area contributed by atoms with Gasteiger partial charge in [-0.15, -0.1) is 11.3 Å². The number of carbonyl (C=O) groups excluding carboxylic acids is 1. The van der Waals surface area contributed by atoms with Crippen molar-refractivity contribution in [1.82, 2.24) is 9.21 Å². The molecule has 1 fully saturated rings. The summed E-state index contributed by atoms with van der Waals surface area (Å²) < 4.78 is 40.0. The summed E-state index contributed by atoms with van der Waals surface area (Å²) in [6.07, 6.45) is 1.30. The van der Waals surface area contributed by atoms with Crippen molar-refractivity contribution in [3.05, 3.63) is 52.5 Å². The number of hydrogen-bond acceptors (Lipinski definition) is 4. The van der Waals surface area contributed by atoms with Crippen LogP contribution in [0.25, 0.3) is 0 Å². The van der Waals surface area contributed by atoms with Crippen molar-refractivity contribution in [1.29, 1.82) is 0 Å². The molecule has 1 saturated heterocycles. The van der Waals surface area contributed by atoms with Crippen molar-refractivity contribution in [3.63, 3.8) is 0 Å². The molecule has 2 heterocycles. The van der Waals surface area contributed by atoms with Crippen LogP contribution in [0.2, 0.25) is 0 Å². The highest BCUT2D eigenvalue weighted by atomic mass is 32.2. The highest BCUT2D eigenvalue weighted by Gasteiger charge is 2.34. The van der Waals surface area contributed by atoms with Crippen LogP contribution in [0.5, 0.6) is 0 Å². The van der Waals surface area contributed by atoms with Gasteiger partial charge in [-0.2, -0.15) is 4.31 Å². The van der Waals surface area contributed by atoms with E-state index in [1.54, 1.807) is 23.3 Å². The number of nitrogens with zero attached hydrogens (tertiary/aromatic N) is 2. The van der Waals surface area contributed by atoms with Gasteiger partial charge in [0, 0.05) is 25.0 Å². The zero-order valence-corrected chi connectivity index (χ0v) is 16.1. The van der Waals surface area contributed by atoms with E-state index >= 15 is 0 Å². The Morgan fingerprint density at radius 1 is 1.31 bits per heavy atom. The molecule has 1 aromatic heterocycles. The van der Waals surface area contributed by atoms with Crippen LogP contribution in [0.15, 0.2) is 46.7 Å². The van der Waals surface area contributed by atoms with Gasteiger partial charge in [-0.25, -0.2) is 12.8 Å². The second-order valence-electron chi connectivity index (χ2n) is 6.43. The summed E-state index contributed by atoms with van der Waals surface area (Å²) in [6.45, 7) is 1.06. The lowest BCUT2D eigenvalue weighted by Crippen LogP contribution is -2.45. The molecule has 0 saturated carbocycles. The van der Waals surface area contributed by atoms with E-state index in [4.69, 9.17) is 0 Å². The van der Waals surface area contributed by atoms with Crippen LogP contribution in [-0.4, -0.2) is 43.7 Å². The van der Waals surface area contributed by atoms with E-state index in [1.807, 2.05) is 17.5 Å².